The number of nitrogens with one attached hydrogen (secondary N) is 1. The van der Waals surface area contributed by atoms with Gasteiger partial charge in [0.15, 0.2) is 0 Å². The Hall–Kier alpha value is -1.14. The first kappa shape index (κ1) is 15.9. The molecule has 1 rings (SSSR count). The molecular weight excluding hydrogens is 246 g/mol. The lowest BCUT2D eigenvalue weighted by atomic mass is 9.90. The van der Waals surface area contributed by atoms with Crippen molar-refractivity contribution in [1.82, 2.24) is 10.2 Å². The summed E-state index contributed by atoms with van der Waals surface area (Å²) >= 11 is 0. The van der Waals surface area contributed by atoms with Crippen LogP contribution in [0.25, 0.3) is 0 Å². The van der Waals surface area contributed by atoms with E-state index in [9.17, 15) is 9.59 Å². The molecule has 0 unspecified atom stereocenters. The number of carbonyl (C=O) groups excluding carboxylic acids is 2. The molecule has 0 bridgehead atoms. The first-order valence-electron chi connectivity index (χ1n) is 6.68. The van der Waals surface area contributed by atoms with Gasteiger partial charge in [0.25, 0.3) is 0 Å². The largest absolute Gasteiger partial charge is 0.375 e. The molecule has 1 aliphatic rings. The van der Waals surface area contributed by atoms with Crippen LogP contribution in [-0.2, 0) is 14.3 Å². The van der Waals surface area contributed by atoms with Gasteiger partial charge in [-0.3, -0.25) is 9.59 Å². The molecule has 19 heavy (non-hydrogen) atoms. The van der Waals surface area contributed by atoms with Crippen molar-refractivity contribution in [3.05, 3.63) is 0 Å². The van der Waals surface area contributed by atoms with Crippen molar-refractivity contribution in [2.24, 2.45) is 11.1 Å². The highest BCUT2D eigenvalue weighted by molar-refractivity contribution is 5.82. The summed E-state index contributed by atoms with van der Waals surface area (Å²) in [6.45, 7) is 5.49. The van der Waals surface area contributed by atoms with Crippen molar-refractivity contribution >= 4 is 11.8 Å². The standard InChI is InChI=1S/C13H25N3O3/c1-13(2,9-14)12(18)16-6-4-10(5-7-16)15-11(17)8-19-3/h10H,4-9,14H2,1-3H3,(H,15,17). The molecule has 6 nitrogen and oxygen atoms in total. The number of rotatable bonds is 5. The smallest absolute Gasteiger partial charge is 0.246 e. The minimum Gasteiger partial charge on any atom is -0.375 e. The van der Waals surface area contributed by atoms with Crippen LogP contribution < -0.4 is 11.1 Å². The fourth-order valence-corrected chi connectivity index (χ4v) is 2.14. The number of piperidine rings is 1. The van der Waals surface area contributed by atoms with E-state index in [1.165, 1.54) is 7.11 Å². The van der Waals surface area contributed by atoms with Crippen LogP contribution in [-0.4, -0.2) is 56.1 Å². The van der Waals surface area contributed by atoms with E-state index in [1.807, 2.05) is 18.7 Å². The molecule has 0 aromatic carbocycles. The molecule has 0 spiro atoms. The molecule has 0 aromatic rings. The van der Waals surface area contributed by atoms with E-state index in [0.29, 0.717) is 19.6 Å². The van der Waals surface area contributed by atoms with Crippen LogP contribution in [0.1, 0.15) is 26.7 Å². The van der Waals surface area contributed by atoms with Gasteiger partial charge in [0.2, 0.25) is 11.8 Å². The van der Waals surface area contributed by atoms with Crippen molar-refractivity contribution in [2.75, 3.05) is 33.4 Å². The van der Waals surface area contributed by atoms with Gasteiger partial charge in [0.05, 0.1) is 5.41 Å². The average Bonchev–Trinajstić information content (AvgIpc) is 2.39. The van der Waals surface area contributed by atoms with Crippen molar-refractivity contribution in [3.63, 3.8) is 0 Å². The number of methoxy groups -OCH3 is 1. The minimum absolute atomic E-state index is 0.0827. The molecule has 2 amide bonds. The Morgan fingerprint density at radius 1 is 1.37 bits per heavy atom. The predicted molar refractivity (Wildman–Crippen MR) is 72.5 cm³/mol. The van der Waals surface area contributed by atoms with E-state index in [1.54, 1.807) is 0 Å². The number of nitrogens with two attached hydrogens (primary N) is 1. The lowest BCUT2D eigenvalue weighted by Crippen LogP contribution is -2.51. The van der Waals surface area contributed by atoms with Crippen molar-refractivity contribution < 1.29 is 14.3 Å². The SMILES string of the molecule is COCC(=O)NC1CCN(C(=O)C(C)(C)CN)CC1. The fraction of sp³-hybridized carbons (Fsp3) is 0.846. The lowest BCUT2D eigenvalue weighted by Gasteiger charge is -2.36. The third-order valence-electron chi connectivity index (χ3n) is 3.51. The first-order chi connectivity index (χ1) is 8.90. The van der Waals surface area contributed by atoms with E-state index < -0.39 is 5.41 Å². The molecule has 1 heterocycles. The van der Waals surface area contributed by atoms with Crippen molar-refractivity contribution in [3.8, 4) is 0 Å². The maximum absolute atomic E-state index is 12.2. The normalized spacial score (nSPS) is 17.4. The molecule has 0 aliphatic carbocycles. The summed E-state index contributed by atoms with van der Waals surface area (Å²) in [6.07, 6.45) is 1.56. The minimum atomic E-state index is -0.508. The van der Waals surface area contributed by atoms with E-state index in [4.69, 9.17) is 10.5 Å². The molecule has 3 N–H and O–H groups in total. The molecule has 0 saturated carbocycles. The zero-order valence-electron chi connectivity index (χ0n) is 12.1. The van der Waals surface area contributed by atoms with Crippen LogP contribution in [0.15, 0.2) is 0 Å². The highest BCUT2D eigenvalue weighted by Gasteiger charge is 2.33. The number of nitrogens with zero attached hydrogens (tertiary/aromatic N) is 1. The van der Waals surface area contributed by atoms with Crippen LogP contribution in [0, 0.1) is 5.41 Å². The molecular formula is C13H25N3O3. The first-order valence-corrected chi connectivity index (χ1v) is 6.68. The summed E-state index contributed by atoms with van der Waals surface area (Å²) < 4.78 is 4.77. The topological polar surface area (TPSA) is 84.7 Å². The Morgan fingerprint density at radius 3 is 2.42 bits per heavy atom. The van der Waals surface area contributed by atoms with Crippen LogP contribution >= 0.6 is 0 Å². The third-order valence-corrected chi connectivity index (χ3v) is 3.51. The van der Waals surface area contributed by atoms with Crippen LogP contribution in [0.3, 0.4) is 0 Å². The second-order valence-electron chi connectivity index (χ2n) is 5.66. The number of ether oxygens (including phenoxy) is 1. The summed E-state index contributed by atoms with van der Waals surface area (Å²) in [6, 6.07) is 0.132. The Bertz CT molecular complexity index is 323. The zero-order chi connectivity index (χ0) is 14.5. The van der Waals surface area contributed by atoms with E-state index in [-0.39, 0.29) is 24.5 Å². The fourth-order valence-electron chi connectivity index (χ4n) is 2.14. The zero-order valence-corrected chi connectivity index (χ0v) is 12.1. The Kier molecular flexibility index (Phi) is 5.75. The molecule has 0 aromatic heterocycles. The average molecular weight is 271 g/mol. The highest BCUT2D eigenvalue weighted by atomic mass is 16.5. The van der Waals surface area contributed by atoms with E-state index in [0.717, 1.165) is 12.8 Å². The molecule has 1 fully saturated rings. The molecule has 0 atom stereocenters. The van der Waals surface area contributed by atoms with Crippen molar-refractivity contribution in [1.29, 1.82) is 0 Å². The lowest BCUT2D eigenvalue weighted by molar-refractivity contribution is -0.141. The maximum atomic E-state index is 12.2. The highest BCUT2D eigenvalue weighted by Crippen LogP contribution is 2.20. The number of amides is 2. The maximum Gasteiger partial charge on any atom is 0.246 e. The van der Waals surface area contributed by atoms with E-state index in [2.05, 4.69) is 5.32 Å². The Morgan fingerprint density at radius 2 is 1.95 bits per heavy atom. The second kappa shape index (κ2) is 6.86. The number of carbonyl (C=O) groups is 2. The van der Waals surface area contributed by atoms with Gasteiger partial charge in [-0.25, -0.2) is 0 Å². The molecule has 110 valence electrons. The van der Waals surface area contributed by atoms with Crippen molar-refractivity contribution in [2.45, 2.75) is 32.7 Å². The van der Waals surface area contributed by atoms with Gasteiger partial charge in [-0.15, -0.1) is 0 Å². The van der Waals surface area contributed by atoms with Gasteiger partial charge < -0.3 is 20.7 Å². The number of hydrogen-bond donors (Lipinski definition) is 2. The second-order valence-corrected chi connectivity index (χ2v) is 5.66. The van der Waals surface area contributed by atoms with Gasteiger partial charge >= 0.3 is 0 Å². The van der Waals surface area contributed by atoms with Crippen LogP contribution in [0.5, 0.6) is 0 Å². The molecule has 1 saturated heterocycles. The Balaban J connectivity index is 2.41. The number of hydrogen-bond acceptors (Lipinski definition) is 4. The van der Waals surface area contributed by atoms with Gasteiger partial charge in [-0.1, -0.05) is 0 Å². The van der Waals surface area contributed by atoms with Gasteiger partial charge in [-0.05, 0) is 26.7 Å². The Labute approximate surface area is 114 Å². The molecule has 0 radical (unpaired) electrons. The van der Waals surface area contributed by atoms with Gasteiger partial charge in [-0.2, -0.15) is 0 Å². The van der Waals surface area contributed by atoms with Gasteiger partial charge in [0, 0.05) is 32.8 Å². The summed E-state index contributed by atoms with van der Waals surface area (Å²) in [5.41, 5.74) is 5.11. The van der Waals surface area contributed by atoms with Gasteiger partial charge in [0.1, 0.15) is 6.61 Å². The summed E-state index contributed by atoms with van der Waals surface area (Å²) in [4.78, 5) is 25.5. The summed E-state index contributed by atoms with van der Waals surface area (Å²) in [5, 5.41) is 2.91. The summed E-state index contributed by atoms with van der Waals surface area (Å²) in [5.74, 6) is -0.00812. The molecule has 6 heteroatoms. The predicted octanol–water partition coefficient (Wildman–Crippen LogP) is -0.275. The third kappa shape index (κ3) is 4.47. The molecule has 1 aliphatic heterocycles. The monoisotopic (exact) mass is 271 g/mol. The number of likely N-dealkylation sites (tertiary alicyclic amines) is 1. The van der Waals surface area contributed by atoms with Crippen LogP contribution in [0.4, 0.5) is 0 Å². The van der Waals surface area contributed by atoms with Crippen LogP contribution in [0.2, 0.25) is 0 Å². The summed E-state index contributed by atoms with van der Waals surface area (Å²) in [7, 11) is 1.50. The quantitative estimate of drug-likeness (QED) is 0.720. The van der Waals surface area contributed by atoms with E-state index >= 15 is 0 Å².